The molecule has 1 fully saturated rings. The summed E-state index contributed by atoms with van der Waals surface area (Å²) in [6.45, 7) is -0.492. The number of terminal acetylenes is 1. The maximum absolute atomic E-state index is 9.99. The topological polar surface area (TPSA) is 114 Å². The van der Waals surface area contributed by atoms with Gasteiger partial charge in [0.25, 0.3) is 0 Å². The molecule has 3 N–H and O–H groups in total. The fourth-order valence-corrected chi connectivity index (χ4v) is 2.29. The molecule has 0 amide bonds. The number of fused-ring (bicyclic) bond motifs is 1. The van der Waals surface area contributed by atoms with Gasteiger partial charge in [-0.3, -0.25) is 4.57 Å². The van der Waals surface area contributed by atoms with Crippen LogP contribution in [0.4, 0.5) is 0 Å². The Labute approximate surface area is 113 Å². The highest BCUT2D eigenvalue weighted by Gasteiger charge is 2.47. The number of aromatic hydroxyl groups is 1. The van der Waals surface area contributed by atoms with Crippen molar-refractivity contribution in [3.05, 3.63) is 12.7 Å². The lowest BCUT2D eigenvalue weighted by Gasteiger charge is -2.23. The maximum Gasteiger partial charge on any atom is 0.242 e. The van der Waals surface area contributed by atoms with Crippen LogP contribution in [-0.4, -0.2) is 53.2 Å². The van der Waals surface area contributed by atoms with Crippen molar-refractivity contribution in [3.8, 4) is 18.2 Å². The predicted octanol–water partition coefficient (Wildman–Crippen LogP) is -0.824. The molecule has 0 spiro atoms. The molecule has 20 heavy (non-hydrogen) atoms. The normalized spacial score (nSPS) is 29.6. The first-order valence-electron chi connectivity index (χ1n) is 5.92. The van der Waals surface area contributed by atoms with E-state index >= 15 is 0 Å². The lowest BCUT2D eigenvalue weighted by molar-refractivity contribution is -0.0891. The summed E-state index contributed by atoms with van der Waals surface area (Å²) in [6.07, 6.45) is 6.50. The van der Waals surface area contributed by atoms with Crippen molar-refractivity contribution >= 4 is 11.2 Å². The standard InChI is InChI=1S/C12H12N4O4/c1-2-12(4-17)7(18)3-8(20-12)16-6-15-9-10(16)13-5-14-11(9)19/h1,5-8,17-18H,3-4H2,(H,13,14,19)/t7-,8?,12+/m0/s1. The average Bonchev–Trinajstić information content (AvgIpc) is 3.01. The first-order valence-corrected chi connectivity index (χ1v) is 5.92. The van der Waals surface area contributed by atoms with E-state index in [4.69, 9.17) is 11.2 Å². The Kier molecular flexibility index (Phi) is 2.83. The van der Waals surface area contributed by atoms with Gasteiger partial charge in [0.15, 0.2) is 16.8 Å². The fraction of sp³-hybridized carbons (Fsp3) is 0.417. The molecule has 3 atom stereocenters. The summed E-state index contributed by atoms with van der Waals surface area (Å²) in [5.41, 5.74) is -0.843. The van der Waals surface area contributed by atoms with Crippen molar-refractivity contribution in [3.63, 3.8) is 0 Å². The Morgan fingerprint density at radius 3 is 2.95 bits per heavy atom. The second-order valence-electron chi connectivity index (χ2n) is 4.54. The number of aromatic nitrogens is 4. The van der Waals surface area contributed by atoms with Gasteiger partial charge in [0.1, 0.15) is 18.7 Å². The van der Waals surface area contributed by atoms with E-state index in [0.717, 1.165) is 0 Å². The Morgan fingerprint density at radius 2 is 2.30 bits per heavy atom. The van der Waals surface area contributed by atoms with Crippen molar-refractivity contribution in [2.45, 2.75) is 24.4 Å². The Hall–Kier alpha value is -2.21. The number of hydrogen-bond donors (Lipinski definition) is 3. The highest BCUT2D eigenvalue weighted by molar-refractivity contribution is 5.75. The van der Waals surface area contributed by atoms with Gasteiger partial charge in [-0.05, 0) is 0 Å². The smallest absolute Gasteiger partial charge is 0.242 e. The molecule has 1 aliphatic rings. The van der Waals surface area contributed by atoms with Crippen LogP contribution in [0.3, 0.4) is 0 Å². The molecule has 3 heterocycles. The molecule has 1 unspecified atom stereocenters. The van der Waals surface area contributed by atoms with Gasteiger partial charge >= 0.3 is 0 Å². The lowest BCUT2D eigenvalue weighted by Crippen LogP contribution is -2.41. The van der Waals surface area contributed by atoms with Gasteiger partial charge in [-0.15, -0.1) is 6.42 Å². The Morgan fingerprint density at radius 1 is 1.50 bits per heavy atom. The molecule has 0 radical (unpaired) electrons. The zero-order chi connectivity index (χ0) is 14.3. The molecule has 0 aromatic carbocycles. The molecule has 1 aliphatic heterocycles. The molecule has 8 heteroatoms. The van der Waals surface area contributed by atoms with Gasteiger partial charge < -0.3 is 20.1 Å². The Bertz CT molecular complexity index is 694. The van der Waals surface area contributed by atoms with Gasteiger partial charge in [-0.25, -0.2) is 9.97 Å². The van der Waals surface area contributed by atoms with E-state index in [1.807, 2.05) is 0 Å². The monoisotopic (exact) mass is 276 g/mol. The first-order chi connectivity index (χ1) is 9.61. The summed E-state index contributed by atoms with van der Waals surface area (Å²) in [7, 11) is 0. The van der Waals surface area contributed by atoms with Crippen LogP contribution < -0.4 is 0 Å². The minimum absolute atomic E-state index is 0.182. The summed E-state index contributed by atoms with van der Waals surface area (Å²) in [5.74, 6) is 2.05. The summed E-state index contributed by atoms with van der Waals surface area (Å²) in [4.78, 5) is 11.7. The van der Waals surface area contributed by atoms with Crippen LogP contribution in [0.5, 0.6) is 5.88 Å². The largest absolute Gasteiger partial charge is 0.492 e. The van der Waals surface area contributed by atoms with E-state index in [2.05, 4.69) is 20.9 Å². The SMILES string of the molecule is C#C[C@]1(CO)OC(n2cnc3c(O)ncnc32)C[C@@H]1O. The predicted molar refractivity (Wildman–Crippen MR) is 66.4 cm³/mol. The second-order valence-corrected chi connectivity index (χ2v) is 4.54. The van der Waals surface area contributed by atoms with Crippen molar-refractivity contribution < 1.29 is 20.1 Å². The van der Waals surface area contributed by atoms with Crippen LogP contribution in [-0.2, 0) is 4.74 Å². The first kappa shape index (κ1) is 12.8. The molecule has 0 saturated carbocycles. The molecular formula is C12H12N4O4. The number of nitrogens with zero attached hydrogens (tertiary/aromatic N) is 4. The Balaban J connectivity index is 2.02. The van der Waals surface area contributed by atoms with E-state index < -0.39 is 24.5 Å². The van der Waals surface area contributed by atoms with E-state index in [9.17, 15) is 15.3 Å². The highest BCUT2D eigenvalue weighted by atomic mass is 16.6. The molecule has 0 aliphatic carbocycles. The summed E-state index contributed by atoms with van der Waals surface area (Å²) in [5, 5.41) is 28.9. The van der Waals surface area contributed by atoms with Crippen molar-refractivity contribution in [2.75, 3.05) is 6.61 Å². The van der Waals surface area contributed by atoms with Crippen LogP contribution >= 0.6 is 0 Å². The quantitative estimate of drug-likeness (QED) is 0.614. The fourth-order valence-electron chi connectivity index (χ4n) is 2.29. The molecule has 8 nitrogen and oxygen atoms in total. The van der Waals surface area contributed by atoms with Crippen molar-refractivity contribution in [1.82, 2.24) is 19.5 Å². The van der Waals surface area contributed by atoms with Gasteiger partial charge in [0, 0.05) is 6.42 Å². The molecule has 104 valence electrons. The number of imidazole rings is 1. The molecular weight excluding hydrogens is 264 g/mol. The maximum atomic E-state index is 9.99. The van der Waals surface area contributed by atoms with Crippen LogP contribution in [0.15, 0.2) is 12.7 Å². The van der Waals surface area contributed by atoms with Gasteiger partial charge in [-0.2, -0.15) is 4.98 Å². The van der Waals surface area contributed by atoms with E-state index in [0.29, 0.717) is 5.65 Å². The molecule has 2 aromatic rings. The van der Waals surface area contributed by atoms with Crippen molar-refractivity contribution in [2.24, 2.45) is 0 Å². The summed E-state index contributed by atoms with van der Waals surface area (Å²) in [6, 6.07) is 0. The number of hydrogen-bond acceptors (Lipinski definition) is 7. The number of ether oxygens (including phenoxy) is 1. The zero-order valence-corrected chi connectivity index (χ0v) is 10.3. The molecule has 1 saturated heterocycles. The second kappa shape index (κ2) is 4.42. The van der Waals surface area contributed by atoms with E-state index in [-0.39, 0.29) is 17.8 Å². The van der Waals surface area contributed by atoms with Gasteiger partial charge in [0.05, 0.1) is 12.9 Å². The highest BCUT2D eigenvalue weighted by Crippen LogP contribution is 2.37. The lowest BCUT2D eigenvalue weighted by atomic mass is 9.99. The van der Waals surface area contributed by atoms with Crippen LogP contribution in [0.1, 0.15) is 12.6 Å². The molecule has 3 rings (SSSR count). The zero-order valence-electron chi connectivity index (χ0n) is 10.3. The van der Waals surface area contributed by atoms with Crippen molar-refractivity contribution in [1.29, 1.82) is 0 Å². The minimum atomic E-state index is -1.43. The average molecular weight is 276 g/mol. The number of rotatable bonds is 2. The van der Waals surface area contributed by atoms with Crippen LogP contribution in [0.25, 0.3) is 11.2 Å². The number of aliphatic hydroxyl groups is 2. The minimum Gasteiger partial charge on any atom is -0.492 e. The van der Waals surface area contributed by atoms with E-state index in [1.54, 1.807) is 0 Å². The number of aliphatic hydroxyl groups excluding tert-OH is 2. The van der Waals surface area contributed by atoms with Crippen LogP contribution in [0.2, 0.25) is 0 Å². The third-order valence-electron chi connectivity index (χ3n) is 3.44. The van der Waals surface area contributed by atoms with E-state index in [1.165, 1.54) is 17.2 Å². The molecule has 2 aromatic heterocycles. The molecule has 0 bridgehead atoms. The van der Waals surface area contributed by atoms with Gasteiger partial charge in [0.2, 0.25) is 5.88 Å². The third-order valence-corrected chi connectivity index (χ3v) is 3.44. The third kappa shape index (κ3) is 1.65. The summed E-state index contributed by atoms with van der Waals surface area (Å²) < 4.78 is 7.13. The van der Waals surface area contributed by atoms with Gasteiger partial charge in [-0.1, -0.05) is 5.92 Å². The van der Waals surface area contributed by atoms with Crippen LogP contribution in [0, 0.1) is 12.3 Å². The summed E-state index contributed by atoms with van der Waals surface area (Å²) >= 11 is 0.